The zero-order valence-electron chi connectivity index (χ0n) is 42.9. The second-order valence-corrected chi connectivity index (χ2v) is 26.9. The van der Waals surface area contributed by atoms with Gasteiger partial charge in [-0.2, -0.15) is 0 Å². The van der Waals surface area contributed by atoms with Gasteiger partial charge >= 0.3 is 11.9 Å². The van der Waals surface area contributed by atoms with Gasteiger partial charge in [0.1, 0.15) is 30.2 Å². The molecule has 4 spiro atoms. The quantitative estimate of drug-likeness (QED) is 0.172. The predicted octanol–water partition coefficient (Wildman–Crippen LogP) is 8.42. The summed E-state index contributed by atoms with van der Waals surface area (Å²) in [5, 5.41) is 28.6. The Hall–Kier alpha value is -3.55. The Labute approximate surface area is 425 Å². The number of furan rings is 1. The Morgan fingerprint density at radius 2 is 1.72 bits per heavy atom. The second-order valence-electron chi connectivity index (χ2n) is 26.9. The van der Waals surface area contributed by atoms with Gasteiger partial charge in [-0.25, -0.2) is 4.79 Å². The van der Waals surface area contributed by atoms with Crippen LogP contribution in [-0.4, -0.2) is 94.8 Å². The van der Waals surface area contributed by atoms with Crippen molar-refractivity contribution in [2.45, 2.75) is 178 Å². The highest BCUT2D eigenvalue weighted by Gasteiger charge is 2.94. The van der Waals surface area contributed by atoms with E-state index < -0.39 is 69.2 Å². The van der Waals surface area contributed by atoms with E-state index in [1.165, 1.54) is 5.56 Å². The number of hydrogen-bond donors (Lipinski definition) is 3. The van der Waals surface area contributed by atoms with Crippen LogP contribution >= 0.6 is 0 Å². The Morgan fingerprint density at radius 3 is 2.54 bits per heavy atom. The number of rotatable bonds is 8. The van der Waals surface area contributed by atoms with Crippen LogP contribution in [-0.2, 0) is 46.2 Å². The third-order valence-electron chi connectivity index (χ3n) is 23.6. The van der Waals surface area contributed by atoms with Gasteiger partial charge in [-0.05, 0) is 162 Å². The molecule has 0 radical (unpaired) electrons. The number of cyclic esters (lactones) is 2. The highest BCUT2D eigenvalue weighted by molar-refractivity contribution is 5.93. The first-order chi connectivity index (χ1) is 34.8. The summed E-state index contributed by atoms with van der Waals surface area (Å²) in [7, 11) is 0. The molecule has 12 heteroatoms. The average Bonchev–Trinajstić information content (AvgIpc) is 3.96. The maximum absolute atomic E-state index is 16.2. The van der Waals surface area contributed by atoms with E-state index in [4.69, 9.17) is 23.4 Å². The fraction of sp³-hybridized carbons (Fsp3) is 0.750. The fourth-order valence-corrected chi connectivity index (χ4v) is 21.0. The van der Waals surface area contributed by atoms with Crippen LogP contribution in [0.1, 0.15) is 146 Å². The summed E-state index contributed by atoms with van der Waals surface area (Å²) in [6, 6.07) is 13.1. The number of ketones is 1. The SMILES string of the molecule is CC1(C)OC2C3(CCC4(CCCC4)C3)C(=O)OCC23C1C(=O)C(O)C1(C2CCCC(Cc4ccccc4)C2)C3CCC2(C)C(c3ccoc3CC(CO)C3CCC4C(C=CN5CNCC45)C3)OC(=O)C3OC321. The molecule has 12 aliphatic rings. The topological polar surface area (TPSA) is 160 Å². The lowest BCUT2D eigenvalue weighted by molar-refractivity contribution is -0.286. The number of ether oxygens (including phenoxy) is 4. The molecule has 7 heterocycles. The minimum absolute atomic E-state index is 0.0286. The predicted molar refractivity (Wildman–Crippen MR) is 264 cm³/mol. The number of nitrogens with one attached hydrogen (secondary N) is 1. The van der Waals surface area contributed by atoms with E-state index in [9.17, 15) is 15.0 Å². The lowest BCUT2D eigenvalue weighted by Gasteiger charge is -2.70. The number of carbonyl (C=O) groups is 3. The molecule has 12 nitrogen and oxygen atoms in total. The van der Waals surface area contributed by atoms with Crippen molar-refractivity contribution >= 4 is 17.7 Å². The first kappa shape index (κ1) is 46.9. The van der Waals surface area contributed by atoms with Crippen molar-refractivity contribution < 1.29 is 48.0 Å². The first-order valence-electron chi connectivity index (χ1n) is 28.6. The standard InChI is InChI=1S/C60H78N2O10/c1-54(2)47-46(64)48(65)59(40-13-9-12-36(27-40)26-35-10-5-4-6-11-35)45(58(47)33-69-53(67)57(52(58)72-54)23-22-56(32-57)19-7-8-20-56)16-21-55(3)49(70-51(66)50-60(55,59)71-50)42-18-25-68-44(42)29-39(31-63)37-14-15-41-38(28-37)17-24-62-34-61-30-43(41)62/h4-6,10-11,17-18,24-25,36-41,43,45,47-50,52,61,63,65H,7-9,12-16,19-23,26-34H2,1-3H3. The average molecular weight is 987 g/mol. The molecule has 2 aromatic rings. The van der Waals surface area contributed by atoms with Crippen molar-refractivity contribution in [1.82, 2.24) is 10.2 Å². The van der Waals surface area contributed by atoms with E-state index in [1.54, 1.807) is 6.26 Å². The molecule has 1 aromatic carbocycles. The number of epoxide rings is 1. The molecule has 0 amide bonds. The van der Waals surface area contributed by atoms with Crippen LogP contribution in [0, 0.1) is 74.4 Å². The van der Waals surface area contributed by atoms with Crippen molar-refractivity contribution in [2.24, 2.45) is 74.4 Å². The van der Waals surface area contributed by atoms with Gasteiger partial charge in [0.05, 0.1) is 36.0 Å². The molecular formula is C60H78N2O10. The van der Waals surface area contributed by atoms with E-state index in [0.717, 1.165) is 108 Å². The fourth-order valence-electron chi connectivity index (χ4n) is 21.0. The van der Waals surface area contributed by atoms with Gasteiger partial charge in [0.25, 0.3) is 0 Å². The Morgan fingerprint density at radius 1 is 0.889 bits per heavy atom. The monoisotopic (exact) mass is 987 g/mol. The van der Waals surface area contributed by atoms with E-state index in [1.807, 2.05) is 19.9 Å². The number of fused-ring (bicyclic) bond motifs is 5. The van der Waals surface area contributed by atoms with Gasteiger partial charge < -0.3 is 38.5 Å². The highest BCUT2D eigenvalue weighted by Crippen LogP contribution is 2.84. The highest BCUT2D eigenvalue weighted by atomic mass is 16.7. The van der Waals surface area contributed by atoms with Crippen LogP contribution in [0.4, 0.5) is 0 Å². The minimum Gasteiger partial charge on any atom is -0.469 e. The number of aliphatic hydroxyl groups excluding tert-OH is 2. The Kier molecular flexibility index (Phi) is 10.6. The van der Waals surface area contributed by atoms with Crippen LogP contribution in [0.5, 0.6) is 0 Å². The van der Waals surface area contributed by atoms with E-state index >= 15 is 9.59 Å². The molecule has 6 aliphatic carbocycles. The number of nitrogens with zero attached hydrogens (tertiary/aromatic N) is 1. The maximum atomic E-state index is 16.2. The molecule has 6 saturated carbocycles. The van der Waals surface area contributed by atoms with E-state index in [0.29, 0.717) is 55.9 Å². The number of Topliss-reactive ketones (excluding diaryl/α,β-unsaturated/α-hetero) is 1. The molecule has 5 saturated heterocycles. The molecule has 388 valence electrons. The number of allylic oxidation sites excluding steroid dienone is 1. The van der Waals surface area contributed by atoms with Crippen LogP contribution in [0.15, 0.2) is 59.4 Å². The number of benzene rings is 1. The third-order valence-corrected chi connectivity index (χ3v) is 23.6. The largest absolute Gasteiger partial charge is 0.469 e. The van der Waals surface area contributed by atoms with Crippen LogP contribution < -0.4 is 5.32 Å². The first-order valence-corrected chi connectivity index (χ1v) is 28.6. The molecule has 3 N–H and O–H groups in total. The van der Waals surface area contributed by atoms with Crippen molar-refractivity contribution in [3.63, 3.8) is 0 Å². The molecule has 72 heavy (non-hydrogen) atoms. The lowest BCUT2D eigenvalue weighted by atomic mass is 9.32. The van der Waals surface area contributed by atoms with Crippen molar-refractivity contribution in [3.05, 3.63) is 71.8 Å². The van der Waals surface area contributed by atoms with Crippen LogP contribution in [0.3, 0.4) is 0 Å². The number of hydrogen-bond acceptors (Lipinski definition) is 12. The molecule has 6 aliphatic heterocycles. The van der Waals surface area contributed by atoms with Gasteiger partial charge in [-0.3, -0.25) is 14.9 Å². The summed E-state index contributed by atoms with van der Waals surface area (Å²) < 4.78 is 34.7. The lowest BCUT2D eigenvalue weighted by Crippen LogP contribution is -2.80. The van der Waals surface area contributed by atoms with E-state index in [-0.39, 0.29) is 54.1 Å². The van der Waals surface area contributed by atoms with Gasteiger partial charge in [-0.15, -0.1) is 0 Å². The smallest absolute Gasteiger partial charge is 0.339 e. The molecule has 0 bridgehead atoms. The van der Waals surface area contributed by atoms with Crippen molar-refractivity contribution in [2.75, 3.05) is 26.4 Å². The second kappa shape index (κ2) is 16.2. The molecule has 18 atom stereocenters. The Balaban J connectivity index is 0.876. The third kappa shape index (κ3) is 6.08. The van der Waals surface area contributed by atoms with Gasteiger partial charge in [0.15, 0.2) is 11.9 Å². The van der Waals surface area contributed by atoms with E-state index in [2.05, 4.69) is 59.7 Å². The molecular weight excluding hydrogens is 909 g/mol. The molecule has 18 unspecified atom stereocenters. The summed E-state index contributed by atoms with van der Waals surface area (Å²) in [6.07, 6.45) is 18.7. The molecule has 1 aromatic heterocycles. The molecule has 14 rings (SSSR count). The minimum atomic E-state index is -1.45. The number of esters is 2. The zero-order chi connectivity index (χ0) is 49.2. The normalized spacial score (nSPS) is 47.4. The van der Waals surface area contributed by atoms with Gasteiger partial charge in [0, 0.05) is 47.4 Å². The molecule has 11 fully saturated rings. The summed E-state index contributed by atoms with van der Waals surface area (Å²) in [6.45, 7) is 8.24. The summed E-state index contributed by atoms with van der Waals surface area (Å²) in [4.78, 5) is 48.6. The number of carbonyl (C=O) groups excluding carboxylic acids is 3. The summed E-state index contributed by atoms with van der Waals surface area (Å²) in [5.74, 6) is 0.196. The van der Waals surface area contributed by atoms with Crippen LogP contribution in [0.2, 0.25) is 0 Å². The van der Waals surface area contributed by atoms with Crippen molar-refractivity contribution in [3.8, 4) is 0 Å². The van der Waals surface area contributed by atoms with Gasteiger partial charge in [-0.1, -0.05) is 69.0 Å². The van der Waals surface area contributed by atoms with Gasteiger partial charge in [0.2, 0.25) is 0 Å². The summed E-state index contributed by atoms with van der Waals surface area (Å²) in [5.41, 5.74) is -4.08. The zero-order valence-corrected chi connectivity index (χ0v) is 42.9. The number of aliphatic hydroxyl groups is 2. The summed E-state index contributed by atoms with van der Waals surface area (Å²) >= 11 is 0. The Bertz CT molecular complexity index is 2540. The van der Waals surface area contributed by atoms with Crippen LogP contribution in [0.25, 0.3) is 0 Å². The maximum Gasteiger partial charge on any atom is 0.339 e. The van der Waals surface area contributed by atoms with Crippen molar-refractivity contribution in [1.29, 1.82) is 0 Å².